The largest absolute Gasteiger partial charge is 0.468 e. The van der Waals surface area contributed by atoms with E-state index < -0.39 is 5.91 Å². The Labute approximate surface area is 110 Å². The van der Waals surface area contributed by atoms with Crippen LogP contribution >= 0.6 is 0 Å². The average molecular weight is 277 g/mol. The molecule has 6 heteroatoms. The van der Waals surface area contributed by atoms with Gasteiger partial charge in [-0.25, -0.2) is 0 Å². The maximum atomic E-state index is 11.4. The van der Waals surface area contributed by atoms with E-state index in [0.29, 0.717) is 5.52 Å². The fourth-order valence-electron chi connectivity index (χ4n) is 1.25. The van der Waals surface area contributed by atoms with Crippen molar-refractivity contribution in [1.29, 1.82) is 0 Å². The van der Waals surface area contributed by atoms with Crippen molar-refractivity contribution in [2.75, 3.05) is 0 Å². The van der Waals surface area contributed by atoms with E-state index >= 15 is 0 Å². The summed E-state index contributed by atoms with van der Waals surface area (Å²) in [4.78, 5) is 28.8. The van der Waals surface area contributed by atoms with Crippen LogP contribution in [0.4, 0.5) is 0 Å². The van der Waals surface area contributed by atoms with E-state index in [1.807, 2.05) is 0 Å². The number of carbonyl (C=O) groups excluding carboxylic acids is 1. The van der Waals surface area contributed by atoms with Crippen LogP contribution in [0.3, 0.4) is 0 Å². The minimum absolute atomic E-state index is 0. The zero-order valence-corrected chi connectivity index (χ0v) is 10.5. The summed E-state index contributed by atoms with van der Waals surface area (Å²) in [5, 5.41) is 0.207. The number of hydrogen-bond donors (Lipinski definition) is 2. The third kappa shape index (κ3) is 2.13. The van der Waals surface area contributed by atoms with Crippen molar-refractivity contribution < 1.29 is 37.5 Å². The molecule has 0 aliphatic rings. The second-order valence-corrected chi connectivity index (χ2v) is 2.72. The van der Waals surface area contributed by atoms with E-state index in [1.54, 1.807) is 6.07 Å². The minimum Gasteiger partial charge on any atom is -0.468 e. The molecule has 1 amide bonds. The molecule has 0 unspecified atom stereocenters. The Balaban J connectivity index is 0.00000112. The van der Waals surface area contributed by atoms with Crippen molar-refractivity contribution in [3.63, 3.8) is 0 Å². The third-order valence-electron chi connectivity index (χ3n) is 1.84. The molecule has 0 fully saturated rings. The third-order valence-corrected chi connectivity index (χ3v) is 1.84. The minimum atomic E-state index is -0.715. The van der Waals surface area contributed by atoms with E-state index in [9.17, 15) is 9.59 Å². The molecule has 15 heavy (non-hydrogen) atoms. The number of nitrogens with zero attached hydrogens (tertiary/aromatic N) is 1. The molecule has 0 bridgehead atoms. The van der Waals surface area contributed by atoms with Crippen LogP contribution in [0.1, 0.15) is 10.5 Å². The summed E-state index contributed by atoms with van der Waals surface area (Å²) < 4.78 is 0. The van der Waals surface area contributed by atoms with Gasteiger partial charge in [-0.3, -0.25) is 9.78 Å². The summed E-state index contributed by atoms with van der Waals surface area (Å²) >= 11 is 0. The van der Waals surface area contributed by atoms with Crippen LogP contribution in [0.25, 0.3) is 10.9 Å². The number of amides is 1. The number of pyridine rings is 2. The number of aromatic nitrogens is 2. The van der Waals surface area contributed by atoms with Gasteiger partial charge >= 0.3 is 0 Å². The van der Waals surface area contributed by atoms with Crippen LogP contribution in [-0.4, -0.2) is 15.9 Å². The molecule has 2 aromatic rings. The van der Waals surface area contributed by atoms with E-state index in [-0.39, 0.29) is 49.2 Å². The fourth-order valence-corrected chi connectivity index (χ4v) is 1.25. The quantitative estimate of drug-likeness (QED) is 0.709. The Bertz CT molecular complexity index is 559. The van der Waals surface area contributed by atoms with Gasteiger partial charge in [0.2, 0.25) is 0 Å². The van der Waals surface area contributed by atoms with Crippen molar-refractivity contribution in [2.24, 2.45) is 5.73 Å². The number of primary amides is 1. The number of aromatic amines is 1. The van der Waals surface area contributed by atoms with E-state index in [1.165, 1.54) is 12.3 Å². The normalized spacial score (nSPS) is 9.60. The molecule has 2 aromatic heterocycles. The Kier molecular flexibility index (Phi) is 3.71. The van der Waals surface area contributed by atoms with Crippen molar-refractivity contribution in [3.8, 4) is 0 Å². The smallest absolute Gasteiger partial charge is 0.265 e. The van der Waals surface area contributed by atoms with Crippen LogP contribution < -0.4 is 11.2 Å². The first-order valence-corrected chi connectivity index (χ1v) is 3.88. The summed E-state index contributed by atoms with van der Waals surface area (Å²) in [6, 6.07) is 2.79. The van der Waals surface area contributed by atoms with Gasteiger partial charge < -0.3 is 15.5 Å². The molecule has 0 aliphatic carbocycles. The molecule has 0 spiro atoms. The maximum Gasteiger partial charge on any atom is 0.265 e. The first-order chi connectivity index (χ1) is 6.70. The first kappa shape index (κ1) is 12.0. The number of H-pyrrole nitrogens is 1. The van der Waals surface area contributed by atoms with E-state index in [0.717, 1.165) is 0 Å². The number of hydrogen-bond acceptors (Lipinski definition) is 3. The van der Waals surface area contributed by atoms with Gasteiger partial charge in [-0.15, -0.1) is 12.3 Å². The Morgan fingerprint density at radius 3 is 2.93 bits per heavy atom. The van der Waals surface area contributed by atoms with Crippen LogP contribution in [-0.2, 0) is 32.7 Å². The van der Waals surface area contributed by atoms with Crippen molar-refractivity contribution >= 4 is 16.8 Å². The molecular weight excluding hydrogens is 271 g/mol. The molecule has 2 heterocycles. The summed E-state index contributed by atoms with van der Waals surface area (Å²) in [5.41, 5.74) is 5.25. The SMILES string of the molecule is NC(=O)c1nccc2[nH][c-]cc(=O)c12.[Y]. The predicted octanol–water partition coefficient (Wildman–Crippen LogP) is -0.180. The van der Waals surface area contributed by atoms with Gasteiger partial charge in [-0.2, -0.15) is 0 Å². The summed E-state index contributed by atoms with van der Waals surface area (Å²) in [6.45, 7) is 0. The summed E-state index contributed by atoms with van der Waals surface area (Å²) in [5.74, 6) is -0.715. The van der Waals surface area contributed by atoms with Crippen LogP contribution in [0.5, 0.6) is 0 Å². The van der Waals surface area contributed by atoms with E-state index in [4.69, 9.17) is 5.73 Å². The fraction of sp³-hybridized carbons (Fsp3) is 0. The molecule has 0 aliphatic heterocycles. The molecule has 1 radical (unpaired) electrons. The van der Waals surface area contributed by atoms with Gasteiger partial charge in [0.15, 0.2) is 0 Å². The molecule has 0 aromatic carbocycles. The Hall–Kier alpha value is -1.07. The zero-order valence-electron chi connectivity index (χ0n) is 7.65. The van der Waals surface area contributed by atoms with Gasteiger partial charge in [0, 0.05) is 38.9 Å². The number of fused-ring (bicyclic) bond motifs is 1. The maximum absolute atomic E-state index is 11.4. The number of rotatable bonds is 1. The molecular formula is C9H6N3O2Y-. The molecule has 2 rings (SSSR count). The summed E-state index contributed by atoms with van der Waals surface area (Å²) in [6.07, 6.45) is 3.96. The molecule has 0 saturated heterocycles. The van der Waals surface area contributed by atoms with Gasteiger partial charge in [0.25, 0.3) is 5.91 Å². The first-order valence-electron chi connectivity index (χ1n) is 3.88. The molecule has 73 valence electrons. The van der Waals surface area contributed by atoms with E-state index in [2.05, 4.69) is 16.2 Å². The summed E-state index contributed by atoms with van der Waals surface area (Å²) in [7, 11) is 0. The number of carbonyl (C=O) groups is 1. The standard InChI is InChI=1S/C9H6N3O2.Y/c10-9(14)8-7-5(1-3-12-8)11-4-2-6(7)13;/h1-3H,(H2,10,14)(H,11,13);/q-1;. The van der Waals surface area contributed by atoms with Crippen molar-refractivity contribution in [1.82, 2.24) is 9.97 Å². The average Bonchev–Trinajstić information content (AvgIpc) is 2.17. The molecule has 3 N–H and O–H groups in total. The van der Waals surface area contributed by atoms with Gasteiger partial charge in [-0.05, 0) is 5.39 Å². The monoisotopic (exact) mass is 277 g/mol. The van der Waals surface area contributed by atoms with Gasteiger partial charge in [0.1, 0.15) is 5.69 Å². The molecule has 0 saturated carbocycles. The Morgan fingerprint density at radius 1 is 1.53 bits per heavy atom. The van der Waals surface area contributed by atoms with Crippen molar-refractivity contribution in [2.45, 2.75) is 0 Å². The predicted molar refractivity (Wildman–Crippen MR) is 49.7 cm³/mol. The Morgan fingerprint density at radius 2 is 2.27 bits per heavy atom. The van der Waals surface area contributed by atoms with Crippen molar-refractivity contribution in [3.05, 3.63) is 40.4 Å². The second kappa shape index (κ2) is 4.64. The van der Waals surface area contributed by atoms with Gasteiger partial charge in [-0.1, -0.05) is 11.6 Å². The topological polar surface area (TPSA) is 88.8 Å². The zero-order chi connectivity index (χ0) is 10.1. The van der Waals surface area contributed by atoms with Crippen LogP contribution in [0, 0.1) is 6.20 Å². The van der Waals surface area contributed by atoms with Crippen LogP contribution in [0.2, 0.25) is 0 Å². The molecule has 0 atom stereocenters. The second-order valence-electron chi connectivity index (χ2n) is 2.72. The van der Waals surface area contributed by atoms with Gasteiger partial charge in [0.05, 0.1) is 5.43 Å². The molecule has 5 nitrogen and oxygen atoms in total. The van der Waals surface area contributed by atoms with Crippen LogP contribution in [0.15, 0.2) is 23.1 Å². The number of nitrogens with one attached hydrogen (secondary N) is 1. The number of nitrogens with two attached hydrogens (primary N) is 1.